The van der Waals surface area contributed by atoms with Crippen LogP contribution < -0.4 is 14.9 Å². The highest BCUT2D eigenvalue weighted by Gasteiger charge is 2.32. The normalized spacial score (nSPS) is 14.4. The van der Waals surface area contributed by atoms with Crippen LogP contribution in [0.25, 0.3) is 0 Å². The lowest BCUT2D eigenvalue weighted by atomic mass is 10.1. The summed E-state index contributed by atoms with van der Waals surface area (Å²) in [5.74, 6) is -3.32. The van der Waals surface area contributed by atoms with Gasteiger partial charge in [-0.05, 0) is 73.9 Å². The molecule has 0 saturated carbocycles. The number of rotatable bonds is 6. The molecule has 1 amide bonds. The number of hydrogen-bond acceptors (Lipinski definition) is 4. The van der Waals surface area contributed by atoms with Gasteiger partial charge in [0.25, 0.3) is 15.9 Å². The Hall–Kier alpha value is -3.67. The first-order valence-electron chi connectivity index (χ1n) is 11.3. The number of hydrogen-bond donors (Lipinski definition) is 2. The average Bonchev–Trinajstić information content (AvgIpc) is 2.85. The van der Waals surface area contributed by atoms with E-state index in [1.165, 1.54) is 30.3 Å². The Morgan fingerprint density at radius 2 is 1.59 bits per heavy atom. The Labute approximate surface area is 210 Å². The van der Waals surface area contributed by atoms with E-state index in [0.29, 0.717) is 30.9 Å². The molecule has 1 aliphatic rings. The molecule has 0 radical (unpaired) electrons. The van der Waals surface area contributed by atoms with Gasteiger partial charge in [0.05, 0.1) is 21.8 Å². The quantitative estimate of drug-likeness (QED) is 0.375. The molecular weight excluding hydrogens is 517 g/mol. The zero-order valence-electron chi connectivity index (χ0n) is 19.3. The lowest BCUT2D eigenvalue weighted by molar-refractivity contribution is -0.137. The Kier molecular flexibility index (Phi) is 7.39. The fourth-order valence-electron chi connectivity index (χ4n) is 4.00. The van der Waals surface area contributed by atoms with Crippen LogP contribution in [0.2, 0.25) is 0 Å². The monoisotopic (exact) mass is 539 g/mol. The maximum absolute atomic E-state index is 13.5. The van der Waals surface area contributed by atoms with Crippen molar-refractivity contribution >= 4 is 33.0 Å². The third-order valence-electron chi connectivity index (χ3n) is 5.85. The zero-order valence-corrected chi connectivity index (χ0v) is 20.1. The van der Waals surface area contributed by atoms with Crippen molar-refractivity contribution in [1.29, 1.82) is 0 Å². The van der Waals surface area contributed by atoms with Crippen LogP contribution in [0.5, 0.6) is 0 Å². The summed E-state index contributed by atoms with van der Waals surface area (Å²) in [5.41, 5.74) is -0.576. The topological polar surface area (TPSA) is 78.5 Å². The Balaban J connectivity index is 1.59. The summed E-state index contributed by atoms with van der Waals surface area (Å²) >= 11 is 0. The standard InChI is InChI=1S/C25H22F5N3O3S/c26-20-9-8-19(15-21(20)27)37(35,36)32-18-6-4-5-16(13-18)24(34)31-22-14-17(25(28,29)30)7-10-23(22)33-11-2-1-3-12-33/h4-10,13-15,32H,1-3,11-12H2,(H,31,34). The predicted octanol–water partition coefficient (Wildman–Crippen LogP) is 6.03. The zero-order chi connectivity index (χ0) is 26.8. The summed E-state index contributed by atoms with van der Waals surface area (Å²) in [4.78, 5) is 14.4. The number of nitrogens with one attached hydrogen (secondary N) is 2. The molecule has 0 spiro atoms. The molecule has 6 nitrogen and oxygen atoms in total. The maximum Gasteiger partial charge on any atom is 0.416 e. The first kappa shape index (κ1) is 26.4. The lowest BCUT2D eigenvalue weighted by Crippen LogP contribution is -2.30. The molecule has 1 fully saturated rings. The van der Waals surface area contributed by atoms with Crippen molar-refractivity contribution < 1.29 is 35.2 Å². The maximum atomic E-state index is 13.5. The number of halogens is 5. The van der Waals surface area contributed by atoms with Crippen LogP contribution in [0.1, 0.15) is 35.2 Å². The number of sulfonamides is 1. The lowest BCUT2D eigenvalue weighted by Gasteiger charge is -2.31. The average molecular weight is 540 g/mol. The van der Waals surface area contributed by atoms with Crippen LogP contribution in [0.3, 0.4) is 0 Å². The number of nitrogens with zero attached hydrogens (tertiary/aromatic N) is 1. The summed E-state index contributed by atoms with van der Waals surface area (Å²) < 4.78 is 94.1. The van der Waals surface area contributed by atoms with Gasteiger partial charge >= 0.3 is 6.18 Å². The van der Waals surface area contributed by atoms with E-state index in [4.69, 9.17) is 0 Å². The fraction of sp³-hybridized carbons (Fsp3) is 0.240. The SMILES string of the molecule is O=C(Nc1cc(C(F)(F)F)ccc1N1CCCCC1)c1cccc(NS(=O)(=O)c2ccc(F)c(F)c2)c1. The van der Waals surface area contributed by atoms with Gasteiger partial charge in [-0.25, -0.2) is 17.2 Å². The van der Waals surface area contributed by atoms with Gasteiger partial charge in [-0.2, -0.15) is 13.2 Å². The van der Waals surface area contributed by atoms with Crippen molar-refractivity contribution in [3.63, 3.8) is 0 Å². The minimum absolute atomic E-state index is 0.0190. The van der Waals surface area contributed by atoms with Crippen LogP contribution >= 0.6 is 0 Å². The molecule has 3 aromatic rings. The van der Waals surface area contributed by atoms with Crippen LogP contribution in [0.4, 0.5) is 39.0 Å². The number of carbonyl (C=O) groups is 1. The van der Waals surface area contributed by atoms with Gasteiger partial charge in [0, 0.05) is 24.3 Å². The molecule has 12 heteroatoms. The number of anilines is 3. The number of benzene rings is 3. The van der Waals surface area contributed by atoms with E-state index in [0.717, 1.165) is 37.5 Å². The van der Waals surface area contributed by atoms with E-state index >= 15 is 0 Å². The Morgan fingerprint density at radius 1 is 0.865 bits per heavy atom. The third-order valence-corrected chi connectivity index (χ3v) is 7.23. The highest BCUT2D eigenvalue weighted by molar-refractivity contribution is 7.92. The van der Waals surface area contributed by atoms with E-state index in [9.17, 15) is 35.2 Å². The van der Waals surface area contributed by atoms with Crippen LogP contribution in [0, 0.1) is 11.6 Å². The molecule has 3 aromatic carbocycles. The molecule has 0 aromatic heterocycles. The van der Waals surface area contributed by atoms with Gasteiger partial charge in [0.2, 0.25) is 0 Å². The second kappa shape index (κ2) is 10.4. The molecule has 0 atom stereocenters. The van der Waals surface area contributed by atoms with Gasteiger partial charge in [0.15, 0.2) is 11.6 Å². The van der Waals surface area contributed by atoms with Gasteiger partial charge in [-0.3, -0.25) is 9.52 Å². The molecule has 0 bridgehead atoms. The van der Waals surface area contributed by atoms with Crippen molar-refractivity contribution in [3.05, 3.63) is 83.4 Å². The Bertz CT molecular complexity index is 1420. The summed E-state index contributed by atoms with van der Waals surface area (Å²) in [6.07, 6.45) is -1.87. The minimum Gasteiger partial charge on any atom is -0.370 e. The van der Waals surface area contributed by atoms with Gasteiger partial charge < -0.3 is 10.2 Å². The smallest absolute Gasteiger partial charge is 0.370 e. The second-order valence-corrected chi connectivity index (χ2v) is 10.2. The number of carbonyl (C=O) groups excluding carboxylic acids is 1. The number of alkyl halides is 3. The van der Waals surface area contributed by atoms with Crippen molar-refractivity contribution in [2.45, 2.75) is 30.3 Å². The summed E-state index contributed by atoms with van der Waals surface area (Å²) in [7, 11) is -4.32. The molecule has 37 heavy (non-hydrogen) atoms. The molecule has 4 rings (SSSR count). The van der Waals surface area contributed by atoms with Crippen molar-refractivity contribution in [1.82, 2.24) is 0 Å². The molecule has 1 aliphatic heterocycles. The molecule has 1 heterocycles. The molecular formula is C25H22F5N3O3S. The van der Waals surface area contributed by atoms with E-state index in [1.807, 2.05) is 4.90 Å². The molecule has 0 aliphatic carbocycles. The van der Waals surface area contributed by atoms with Gasteiger partial charge in [-0.1, -0.05) is 6.07 Å². The minimum atomic E-state index is -4.61. The van der Waals surface area contributed by atoms with E-state index < -0.39 is 44.2 Å². The van der Waals surface area contributed by atoms with Gasteiger partial charge in [-0.15, -0.1) is 0 Å². The van der Waals surface area contributed by atoms with Crippen LogP contribution in [-0.2, 0) is 16.2 Å². The third kappa shape index (κ3) is 6.19. The van der Waals surface area contributed by atoms with Crippen LogP contribution in [0.15, 0.2) is 65.6 Å². The molecule has 0 unspecified atom stereocenters. The molecule has 1 saturated heterocycles. The highest BCUT2D eigenvalue weighted by Crippen LogP contribution is 2.36. The van der Waals surface area contributed by atoms with Crippen molar-refractivity contribution in [2.75, 3.05) is 28.0 Å². The summed E-state index contributed by atoms with van der Waals surface area (Å²) in [6, 6.07) is 10.5. The highest BCUT2D eigenvalue weighted by atomic mass is 32.2. The van der Waals surface area contributed by atoms with Gasteiger partial charge in [0.1, 0.15) is 0 Å². The second-order valence-electron chi connectivity index (χ2n) is 8.49. The van der Waals surface area contributed by atoms with E-state index in [-0.39, 0.29) is 16.9 Å². The largest absolute Gasteiger partial charge is 0.416 e. The summed E-state index contributed by atoms with van der Waals surface area (Å²) in [5, 5.41) is 2.52. The molecule has 196 valence electrons. The van der Waals surface area contributed by atoms with E-state index in [2.05, 4.69) is 10.0 Å². The number of amides is 1. The summed E-state index contributed by atoms with van der Waals surface area (Å²) in [6.45, 7) is 1.27. The Morgan fingerprint density at radius 3 is 2.27 bits per heavy atom. The van der Waals surface area contributed by atoms with E-state index in [1.54, 1.807) is 0 Å². The predicted molar refractivity (Wildman–Crippen MR) is 129 cm³/mol. The van der Waals surface area contributed by atoms with Crippen molar-refractivity contribution in [2.24, 2.45) is 0 Å². The number of piperidine rings is 1. The first-order valence-corrected chi connectivity index (χ1v) is 12.8. The fourth-order valence-corrected chi connectivity index (χ4v) is 5.06. The van der Waals surface area contributed by atoms with Crippen molar-refractivity contribution in [3.8, 4) is 0 Å². The van der Waals surface area contributed by atoms with Crippen LogP contribution in [-0.4, -0.2) is 27.4 Å². The first-order chi connectivity index (χ1) is 17.4. The molecule has 2 N–H and O–H groups in total.